The second-order valence-corrected chi connectivity index (χ2v) is 20.4. The van der Waals surface area contributed by atoms with Crippen LogP contribution in [0.1, 0.15) is 65.2 Å². The van der Waals surface area contributed by atoms with Crippen molar-refractivity contribution < 1.29 is 0 Å². The molecule has 0 aromatic heterocycles. The van der Waals surface area contributed by atoms with Crippen LogP contribution in [-0.4, -0.2) is 14.1 Å². The average Bonchev–Trinajstić information content (AvgIpc) is 2.54. The van der Waals surface area contributed by atoms with E-state index in [1.165, 1.54) is 25.7 Å². The van der Waals surface area contributed by atoms with Crippen LogP contribution >= 0.6 is 44.3 Å². The van der Waals surface area contributed by atoms with Crippen molar-refractivity contribution >= 4 is 58.4 Å². The molecule has 0 aliphatic heterocycles. The summed E-state index contributed by atoms with van der Waals surface area (Å²) in [4.78, 5) is 0. The predicted octanol–water partition coefficient (Wildman–Crippen LogP) is 8.49. The standard InChI is InChI=1S/C19H34Cl4Si2/c1-3-4-5-8-16-25(22,23)17-10-14-19(13-9-15-24(20)21)12-7-6-11-18(19)2/h6-7,11-12,18,24H,3-5,8-10,13-17H2,1-2H3. The molecule has 0 saturated heterocycles. The van der Waals surface area contributed by atoms with Crippen molar-refractivity contribution in [1.82, 2.24) is 0 Å². The van der Waals surface area contributed by atoms with Gasteiger partial charge in [-0.25, -0.2) is 0 Å². The van der Waals surface area contributed by atoms with E-state index in [0.717, 1.165) is 43.8 Å². The Kier molecular flexibility index (Phi) is 12.1. The quantitative estimate of drug-likeness (QED) is 0.147. The van der Waals surface area contributed by atoms with Gasteiger partial charge in [0.15, 0.2) is 0 Å². The first-order chi connectivity index (χ1) is 11.8. The monoisotopic (exact) mass is 458 g/mol. The molecule has 25 heavy (non-hydrogen) atoms. The molecule has 0 N–H and O–H groups in total. The van der Waals surface area contributed by atoms with Gasteiger partial charge in [0.2, 0.25) is 7.42 Å². The number of hydrogen-bond acceptors (Lipinski definition) is 0. The van der Waals surface area contributed by atoms with Gasteiger partial charge in [-0.05, 0) is 42.3 Å². The zero-order chi connectivity index (χ0) is 18.8. The average molecular weight is 460 g/mol. The van der Waals surface area contributed by atoms with Crippen molar-refractivity contribution in [2.45, 2.75) is 83.3 Å². The van der Waals surface area contributed by atoms with Crippen LogP contribution < -0.4 is 0 Å². The minimum absolute atomic E-state index is 0.228. The van der Waals surface area contributed by atoms with E-state index < -0.39 is 14.1 Å². The number of unbranched alkanes of at least 4 members (excludes halogenated alkanes) is 3. The van der Waals surface area contributed by atoms with Crippen LogP contribution in [-0.2, 0) is 0 Å². The van der Waals surface area contributed by atoms with Gasteiger partial charge in [-0.2, -0.15) is 22.2 Å². The fourth-order valence-corrected chi connectivity index (χ4v) is 8.52. The van der Waals surface area contributed by atoms with Crippen LogP contribution in [0.5, 0.6) is 0 Å². The van der Waals surface area contributed by atoms with Crippen molar-refractivity contribution in [2.75, 3.05) is 0 Å². The molecular weight excluding hydrogens is 426 g/mol. The van der Waals surface area contributed by atoms with Gasteiger partial charge in [-0.3, -0.25) is 0 Å². The normalized spacial score (nSPS) is 23.6. The summed E-state index contributed by atoms with van der Waals surface area (Å²) in [5.41, 5.74) is 0.228. The third-order valence-corrected chi connectivity index (χ3v) is 12.1. The fraction of sp³-hybridized carbons (Fsp3) is 0.789. The molecule has 0 fully saturated rings. The van der Waals surface area contributed by atoms with E-state index in [-0.39, 0.29) is 5.41 Å². The molecular formula is C19H34Cl4Si2. The molecule has 0 aromatic carbocycles. The van der Waals surface area contributed by atoms with Crippen LogP contribution in [0.25, 0.3) is 0 Å². The van der Waals surface area contributed by atoms with Gasteiger partial charge in [0.1, 0.15) is 0 Å². The lowest BCUT2D eigenvalue weighted by Crippen LogP contribution is -2.28. The maximum absolute atomic E-state index is 6.70. The maximum atomic E-state index is 6.70. The van der Waals surface area contributed by atoms with Crippen LogP contribution in [0, 0.1) is 11.3 Å². The number of hydrogen-bond donors (Lipinski definition) is 0. The van der Waals surface area contributed by atoms with E-state index in [1.807, 2.05) is 0 Å². The largest absolute Gasteiger partial charge is 0.251 e. The number of halogens is 4. The molecule has 1 rings (SSSR count). The minimum atomic E-state index is -2.07. The van der Waals surface area contributed by atoms with Crippen LogP contribution in [0.2, 0.25) is 18.1 Å². The van der Waals surface area contributed by atoms with E-state index >= 15 is 0 Å². The van der Waals surface area contributed by atoms with Gasteiger partial charge in [-0.1, -0.05) is 76.7 Å². The third kappa shape index (κ3) is 9.71. The Morgan fingerprint density at radius 2 is 1.64 bits per heavy atom. The summed E-state index contributed by atoms with van der Waals surface area (Å²) in [5, 5.41) is 0. The molecule has 0 spiro atoms. The lowest BCUT2D eigenvalue weighted by Gasteiger charge is -2.38. The van der Waals surface area contributed by atoms with Crippen molar-refractivity contribution in [2.24, 2.45) is 11.3 Å². The highest BCUT2D eigenvalue weighted by Crippen LogP contribution is 2.44. The second kappa shape index (κ2) is 12.5. The Bertz CT molecular complexity index is 424. The van der Waals surface area contributed by atoms with Gasteiger partial charge in [0.25, 0.3) is 6.69 Å². The molecule has 0 saturated carbocycles. The van der Waals surface area contributed by atoms with Crippen molar-refractivity contribution in [3.8, 4) is 0 Å². The van der Waals surface area contributed by atoms with E-state index in [4.69, 9.17) is 44.3 Å². The van der Waals surface area contributed by atoms with E-state index in [0.29, 0.717) is 5.92 Å². The lowest BCUT2D eigenvalue weighted by atomic mass is 9.68. The Morgan fingerprint density at radius 1 is 0.960 bits per heavy atom. The summed E-state index contributed by atoms with van der Waals surface area (Å²) in [5.74, 6) is 0.550. The molecule has 0 amide bonds. The summed E-state index contributed by atoms with van der Waals surface area (Å²) in [6.07, 6.45) is 18.7. The maximum Gasteiger partial charge on any atom is 0.251 e. The van der Waals surface area contributed by atoms with E-state index in [2.05, 4.69) is 38.2 Å². The highest BCUT2D eigenvalue weighted by molar-refractivity contribution is 7.45. The Morgan fingerprint density at radius 3 is 2.28 bits per heavy atom. The summed E-state index contributed by atoms with van der Waals surface area (Å²) in [7, 11) is -1.50. The molecule has 0 aromatic rings. The Labute approximate surface area is 176 Å². The zero-order valence-electron chi connectivity index (χ0n) is 15.8. The molecule has 1 aliphatic rings. The highest BCUT2D eigenvalue weighted by Gasteiger charge is 2.35. The molecule has 0 heterocycles. The predicted molar refractivity (Wildman–Crippen MR) is 123 cm³/mol. The molecule has 2 unspecified atom stereocenters. The second-order valence-electron chi connectivity index (χ2n) is 7.57. The summed E-state index contributed by atoms with van der Waals surface area (Å²) < 4.78 is 0. The van der Waals surface area contributed by atoms with Crippen molar-refractivity contribution in [1.29, 1.82) is 0 Å². The first-order valence-corrected chi connectivity index (χ1v) is 18.6. The van der Waals surface area contributed by atoms with Crippen LogP contribution in [0.4, 0.5) is 0 Å². The minimum Gasteiger partial charge on any atom is -0.150 e. The summed E-state index contributed by atoms with van der Waals surface area (Å²) in [6.45, 7) is 2.49. The summed E-state index contributed by atoms with van der Waals surface area (Å²) in [6, 6.07) is 3.05. The molecule has 1 aliphatic carbocycles. The molecule has 0 nitrogen and oxygen atoms in total. The fourth-order valence-electron chi connectivity index (χ4n) is 3.77. The summed E-state index contributed by atoms with van der Waals surface area (Å²) >= 11 is 25.5. The molecule has 0 bridgehead atoms. The number of allylic oxidation sites excluding steroid dienone is 4. The smallest absolute Gasteiger partial charge is 0.150 e. The van der Waals surface area contributed by atoms with Crippen LogP contribution in [0.15, 0.2) is 24.3 Å². The van der Waals surface area contributed by atoms with Gasteiger partial charge in [-0.15, -0.1) is 22.2 Å². The molecule has 6 heteroatoms. The SMILES string of the molecule is CCCCCC[Si](Cl)(Cl)CCCC1(CCC[SiH](Cl)Cl)C=CC=CC1C. The van der Waals surface area contributed by atoms with Gasteiger partial charge in [0, 0.05) is 0 Å². The van der Waals surface area contributed by atoms with E-state index in [9.17, 15) is 0 Å². The van der Waals surface area contributed by atoms with Gasteiger partial charge in [0.05, 0.1) is 0 Å². The Balaban J connectivity index is 2.49. The highest BCUT2D eigenvalue weighted by atomic mass is 35.7. The third-order valence-electron chi connectivity index (χ3n) is 5.49. The zero-order valence-corrected chi connectivity index (χ0v) is 20.9. The van der Waals surface area contributed by atoms with Gasteiger partial charge < -0.3 is 0 Å². The molecule has 146 valence electrons. The Hall–Kier alpha value is 1.07. The molecule has 0 radical (unpaired) electrons. The lowest BCUT2D eigenvalue weighted by molar-refractivity contribution is 0.240. The first kappa shape index (κ1) is 24.1. The topological polar surface area (TPSA) is 0 Å². The van der Waals surface area contributed by atoms with Gasteiger partial charge >= 0.3 is 0 Å². The molecule has 2 atom stereocenters. The van der Waals surface area contributed by atoms with Crippen LogP contribution in [0.3, 0.4) is 0 Å². The first-order valence-electron chi connectivity index (χ1n) is 9.83. The van der Waals surface area contributed by atoms with E-state index in [1.54, 1.807) is 0 Å². The van der Waals surface area contributed by atoms with Crippen molar-refractivity contribution in [3.63, 3.8) is 0 Å². The van der Waals surface area contributed by atoms with Crippen molar-refractivity contribution in [3.05, 3.63) is 24.3 Å². The number of rotatable bonds is 13.